The molecule has 1 aromatic heterocycles. The van der Waals surface area contributed by atoms with Gasteiger partial charge in [0.1, 0.15) is 16.8 Å². The predicted molar refractivity (Wildman–Crippen MR) is 93.9 cm³/mol. The van der Waals surface area contributed by atoms with Crippen molar-refractivity contribution in [1.29, 1.82) is 5.26 Å². The van der Waals surface area contributed by atoms with Crippen LogP contribution in [0, 0.1) is 18.3 Å². The fourth-order valence-corrected chi connectivity index (χ4v) is 2.97. The highest BCUT2D eigenvalue weighted by atomic mass is 32.1. The Bertz CT molecular complexity index is 902. The van der Waals surface area contributed by atoms with Crippen molar-refractivity contribution in [1.82, 2.24) is 4.98 Å². The van der Waals surface area contributed by atoms with Gasteiger partial charge in [-0.2, -0.15) is 5.26 Å². The molecule has 0 aliphatic carbocycles. The average molecular weight is 318 g/mol. The minimum Gasteiger partial charge on any atom is -0.508 e. The van der Waals surface area contributed by atoms with Gasteiger partial charge in [0.25, 0.3) is 0 Å². The molecule has 0 fully saturated rings. The molecule has 1 N–H and O–H groups in total. The highest BCUT2D eigenvalue weighted by molar-refractivity contribution is 7.11. The summed E-state index contributed by atoms with van der Waals surface area (Å²) in [5.41, 5.74) is 4.35. The second-order valence-corrected chi connectivity index (χ2v) is 6.03. The Morgan fingerprint density at radius 2 is 2.00 bits per heavy atom. The quantitative estimate of drug-likeness (QED) is 0.700. The maximum atomic E-state index is 9.52. The molecule has 0 unspecified atom stereocenters. The molecule has 112 valence electrons. The van der Waals surface area contributed by atoms with Gasteiger partial charge in [-0.3, -0.25) is 0 Å². The zero-order valence-corrected chi connectivity index (χ0v) is 13.3. The number of hydrogen-bond donors (Lipinski definition) is 1. The third kappa shape index (κ3) is 3.47. The number of nitrogens with zero attached hydrogens (tertiary/aromatic N) is 2. The van der Waals surface area contributed by atoms with Crippen molar-refractivity contribution in [3.05, 3.63) is 70.0 Å². The van der Waals surface area contributed by atoms with Gasteiger partial charge in [0, 0.05) is 10.9 Å². The number of phenolic OH excluding ortho intramolecular Hbond substituents is 1. The van der Waals surface area contributed by atoms with Crippen molar-refractivity contribution < 1.29 is 5.11 Å². The first kappa shape index (κ1) is 15.0. The summed E-state index contributed by atoms with van der Waals surface area (Å²) in [5, 5.41) is 21.6. The highest BCUT2D eigenvalue weighted by Crippen LogP contribution is 2.27. The number of allylic oxidation sites excluding steroid dienone is 1. The summed E-state index contributed by atoms with van der Waals surface area (Å²) in [5.74, 6) is 0.176. The van der Waals surface area contributed by atoms with Gasteiger partial charge in [-0.1, -0.05) is 42.0 Å². The molecule has 0 saturated carbocycles. The van der Waals surface area contributed by atoms with E-state index in [1.165, 1.54) is 16.9 Å². The van der Waals surface area contributed by atoms with Gasteiger partial charge >= 0.3 is 0 Å². The largest absolute Gasteiger partial charge is 0.508 e. The van der Waals surface area contributed by atoms with E-state index < -0.39 is 0 Å². The summed E-state index contributed by atoms with van der Waals surface area (Å²) >= 11 is 1.44. The molecular formula is C19H14N2OS. The molecule has 3 nitrogen and oxygen atoms in total. The zero-order chi connectivity index (χ0) is 16.2. The molecule has 4 heteroatoms. The van der Waals surface area contributed by atoms with Crippen LogP contribution >= 0.6 is 11.3 Å². The van der Waals surface area contributed by atoms with Crippen molar-refractivity contribution in [2.75, 3.05) is 0 Å². The number of thiazole rings is 1. The monoisotopic (exact) mass is 318 g/mol. The van der Waals surface area contributed by atoms with Gasteiger partial charge in [-0.15, -0.1) is 11.3 Å². The van der Waals surface area contributed by atoms with Crippen LogP contribution in [0.15, 0.2) is 53.9 Å². The second kappa shape index (κ2) is 6.47. The van der Waals surface area contributed by atoms with E-state index in [0.717, 1.165) is 16.8 Å². The lowest BCUT2D eigenvalue weighted by Gasteiger charge is -1.98. The van der Waals surface area contributed by atoms with Gasteiger partial charge in [0.05, 0.1) is 11.3 Å². The fraction of sp³-hybridized carbons (Fsp3) is 0.0526. The molecule has 0 atom stereocenters. The Kier molecular flexibility index (Phi) is 4.22. The van der Waals surface area contributed by atoms with E-state index in [1.54, 1.807) is 24.3 Å². The number of nitriles is 1. The molecule has 2 aromatic carbocycles. The molecule has 0 aliphatic heterocycles. The van der Waals surface area contributed by atoms with Gasteiger partial charge < -0.3 is 5.11 Å². The van der Waals surface area contributed by atoms with Crippen molar-refractivity contribution >= 4 is 23.0 Å². The van der Waals surface area contributed by atoms with Crippen LogP contribution in [-0.2, 0) is 0 Å². The fourth-order valence-electron chi connectivity index (χ4n) is 2.18. The summed E-state index contributed by atoms with van der Waals surface area (Å²) in [6.45, 7) is 2.04. The molecule has 1 heterocycles. The number of phenols is 1. The number of aryl methyl sites for hydroxylation is 1. The number of hydrogen-bond acceptors (Lipinski definition) is 4. The molecule has 3 aromatic rings. The SMILES string of the molecule is Cc1ccc(-c2csc(/C(C#N)=C\c3cccc(O)c3)n2)cc1. The Morgan fingerprint density at radius 3 is 2.70 bits per heavy atom. The normalized spacial score (nSPS) is 11.2. The van der Waals surface area contributed by atoms with Gasteiger partial charge in [-0.05, 0) is 30.7 Å². The lowest BCUT2D eigenvalue weighted by atomic mass is 10.1. The van der Waals surface area contributed by atoms with Crippen LogP contribution in [-0.4, -0.2) is 10.1 Å². The first-order valence-electron chi connectivity index (χ1n) is 7.09. The van der Waals surface area contributed by atoms with Gasteiger partial charge in [0.2, 0.25) is 0 Å². The molecule has 0 spiro atoms. The zero-order valence-electron chi connectivity index (χ0n) is 12.5. The van der Waals surface area contributed by atoms with Crippen molar-refractivity contribution in [2.24, 2.45) is 0 Å². The van der Waals surface area contributed by atoms with E-state index in [-0.39, 0.29) is 5.75 Å². The smallest absolute Gasteiger partial charge is 0.134 e. The van der Waals surface area contributed by atoms with Crippen LogP contribution in [0.1, 0.15) is 16.1 Å². The molecule has 0 saturated heterocycles. The van der Waals surface area contributed by atoms with E-state index in [0.29, 0.717) is 10.6 Å². The van der Waals surface area contributed by atoms with Crippen LogP contribution < -0.4 is 0 Å². The van der Waals surface area contributed by atoms with Crippen LogP contribution in [0.3, 0.4) is 0 Å². The van der Waals surface area contributed by atoms with E-state index in [4.69, 9.17) is 0 Å². The maximum absolute atomic E-state index is 9.52. The van der Waals surface area contributed by atoms with Crippen LogP contribution in [0.25, 0.3) is 22.9 Å². The summed E-state index contributed by atoms with van der Waals surface area (Å²) < 4.78 is 0. The second-order valence-electron chi connectivity index (χ2n) is 5.17. The first-order chi connectivity index (χ1) is 11.2. The molecule has 0 radical (unpaired) electrons. The molecule has 0 amide bonds. The van der Waals surface area contributed by atoms with Crippen molar-refractivity contribution in [2.45, 2.75) is 6.92 Å². The molecule has 3 rings (SSSR count). The summed E-state index contributed by atoms with van der Waals surface area (Å²) in [4.78, 5) is 4.57. The van der Waals surface area contributed by atoms with Gasteiger partial charge in [-0.25, -0.2) is 4.98 Å². The van der Waals surface area contributed by atoms with E-state index in [1.807, 2.05) is 42.6 Å². The number of aromatic hydroxyl groups is 1. The third-order valence-corrected chi connectivity index (χ3v) is 4.26. The Morgan fingerprint density at radius 1 is 1.22 bits per heavy atom. The number of benzene rings is 2. The minimum absolute atomic E-state index is 0.176. The van der Waals surface area contributed by atoms with Crippen LogP contribution in [0.5, 0.6) is 5.75 Å². The summed E-state index contributed by atoms with van der Waals surface area (Å²) in [6.07, 6.45) is 1.73. The van der Waals surface area contributed by atoms with E-state index >= 15 is 0 Å². The highest BCUT2D eigenvalue weighted by Gasteiger charge is 2.09. The Labute approximate surface area is 138 Å². The lowest BCUT2D eigenvalue weighted by Crippen LogP contribution is -1.83. The predicted octanol–water partition coefficient (Wildman–Crippen LogP) is 4.89. The van der Waals surface area contributed by atoms with Crippen molar-refractivity contribution in [3.8, 4) is 23.1 Å². The number of aromatic nitrogens is 1. The molecular weight excluding hydrogens is 304 g/mol. The van der Waals surface area contributed by atoms with E-state index in [9.17, 15) is 10.4 Å². The van der Waals surface area contributed by atoms with Crippen LogP contribution in [0.4, 0.5) is 0 Å². The summed E-state index contributed by atoms with van der Waals surface area (Å²) in [6, 6.07) is 17.1. The Balaban J connectivity index is 1.94. The molecule has 23 heavy (non-hydrogen) atoms. The maximum Gasteiger partial charge on any atom is 0.134 e. The third-order valence-electron chi connectivity index (χ3n) is 3.38. The minimum atomic E-state index is 0.176. The summed E-state index contributed by atoms with van der Waals surface area (Å²) in [7, 11) is 0. The molecule has 0 bridgehead atoms. The topological polar surface area (TPSA) is 56.9 Å². The molecule has 0 aliphatic rings. The van der Waals surface area contributed by atoms with Crippen molar-refractivity contribution in [3.63, 3.8) is 0 Å². The number of rotatable bonds is 3. The first-order valence-corrected chi connectivity index (χ1v) is 7.97. The van der Waals surface area contributed by atoms with Gasteiger partial charge in [0.15, 0.2) is 0 Å². The van der Waals surface area contributed by atoms with E-state index in [2.05, 4.69) is 11.1 Å². The Hall–Kier alpha value is -2.90. The average Bonchev–Trinajstić information content (AvgIpc) is 3.03. The standard InChI is InChI=1S/C19H14N2OS/c1-13-5-7-15(8-6-13)18-12-23-19(21-18)16(11-20)9-14-3-2-4-17(22)10-14/h2-10,12,22H,1H3/b16-9-. The lowest BCUT2D eigenvalue weighted by molar-refractivity contribution is 0.475. The van der Waals surface area contributed by atoms with Crippen LogP contribution in [0.2, 0.25) is 0 Å².